The van der Waals surface area contributed by atoms with Crippen molar-refractivity contribution in [3.63, 3.8) is 0 Å². The van der Waals surface area contributed by atoms with Crippen molar-refractivity contribution in [1.29, 1.82) is 0 Å². The fourth-order valence-corrected chi connectivity index (χ4v) is 0.925. The van der Waals surface area contributed by atoms with Gasteiger partial charge in [-0.1, -0.05) is 5.92 Å². The van der Waals surface area contributed by atoms with Crippen LogP contribution in [0.15, 0.2) is 0 Å². The highest BCUT2D eigenvalue weighted by Gasteiger charge is 2.27. The number of nitrogens with zero attached hydrogens (tertiary/aromatic N) is 1. The second-order valence-electron chi connectivity index (χ2n) is 4.11. The van der Waals surface area contributed by atoms with Gasteiger partial charge >= 0.3 is 0 Å². The minimum absolute atomic E-state index is 0.177. The van der Waals surface area contributed by atoms with E-state index in [4.69, 9.17) is 0 Å². The highest BCUT2D eigenvalue weighted by atomic mass is 16.2. The molecule has 0 aromatic heterocycles. The molecular formula is C10H13NO2. The molecular weight excluding hydrogens is 166 g/mol. The van der Waals surface area contributed by atoms with Gasteiger partial charge in [-0.25, -0.2) is 4.90 Å². The molecule has 13 heavy (non-hydrogen) atoms. The van der Waals surface area contributed by atoms with E-state index in [1.54, 1.807) is 0 Å². The lowest BCUT2D eigenvalue weighted by molar-refractivity contribution is -0.134. The third-order valence-electron chi connectivity index (χ3n) is 1.59. The number of rotatable bonds is 0. The number of likely N-dealkylation sites (tertiary alicyclic amines) is 1. The highest BCUT2D eigenvalue weighted by Crippen LogP contribution is 2.13. The van der Waals surface area contributed by atoms with E-state index in [0.717, 1.165) is 4.90 Å². The quantitative estimate of drug-likeness (QED) is 0.413. The fourth-order valence-electron chi connectivity index (χ4n) is 0.925. The molecule has 2 amide bonds. The minimum atomic E-state index is -0.179. The normalized spacial score (nSPS) is 17.3. The van der Waals surface area contributed by atoms with Crippen molar-refractivity contribution in [1.82, 2.24) is 4.90 Å². The monoisotopic (exact) mass is 179 g/mol. The number of amides is 2. The zero-order valence-corrected chi connectivity index (χ0v) is 8.18. The topological polar surface area (TPSA) is 37.4 Å². The first-order valence-electron chi connectivity index (χ1n) is 4.29. The smallest absolute Gasteiger partial charge is 0.241 e. The molecule has 3 heteroatoms. The number of carbonyl (C=O) groups excluding carboxylic acids is 2. The summed E-state index contributed by atoms with van der Waals surface area (Å²) in [6.45, 7) is 5.81. The Morgan fingerprint density at radius 3 is 2.00 bits per heavy atom. The zero-order valence-electron chi connectivity index (χ0n) is 8.18. The Morgan fingerprint density at radius 1 is 1.15 bits per heavy atom. The third kappa shape index (κ3) is 2.59. The van der Waals surface area contributed by atoms with Gasteiger partial charge < -0.3 is 0 Å². The van der Waals surface area contributed by atoms with E-state index in [9.17, 15) is 9.59 Å². The highest BCUT2D eigenvalue weighted by molar-refractivity contribution is 6.03. The van der Waals surface area contributed by atoms with Crippen LogP contribution in [0.25, 0.3) is 0 Å². The maximum absolute atomic E-state index is 11.1. The van der Waals surface area contributed by atoms with Crippen LogP contribution in [-0.2, 0) is 9.59 Å². The number of imide groups is 1. The van der Waals surface area contributed by atoms with E-state index >= 15 is 0 Å². The first kappa shape index (κ1) is 9.79. The molecule has 0 unspecified atom stereocenters. The molecule has 1 fully saturated rings. The Labute approximate surface area is 78.1 Å². The number of carbonyl (C=O) groups is 2. The van der Waals surface area contributed by atoms with Crippen molar-refractivity contribution >= 4 is 11.8 Å². The molecule has 1 aliphatic heterocycles. The summed E-state index contributed by atoms with van der Waals surface area (Å²) in [6, 6.07) is 2.61. The van der Waals surface area contributed by atoms with E-state index in [1.165, 1.54) is 0 Å². The maximum atomic E-state index is 11.1. The summed E-state index contributed by atoms with van der Waals surface area (Å²) < 4.78 is 0. The number of hydrogen-bond acceptors (Lipinski definition) is 2. The molecule has 0 radical (unpaired) electrons. The standard InChI is InChI=1S/C10H13NO2/c1-10(2,3)6-7-11-8(12)4-5-9(11)13/h4-5H2,1-3H3. The van der Waals surface area contributed by atoms with Crippen LogP contribution in [0, 0.1) is 17.4 Å². The van der Waals surface area contributed by atoms with Crippen molar-refractivity contribution in [2.75, 3.05) is 0 Å². The van der Waals surface area contributed by atoms with Gasteiger partial charge in [0.2, 0.25) is 11.8 Å². The molecule has 70 valence electrons. The molecule has 0 aliphatic carbocycles. The van der Waals surface area contributed by atoms with Crippen LogP contribution in [-0.4, -0.2) is 16.7 Å². The van der Waals surface area contributed by atoms with Crippen LogP contribution in [0.4, 0.5) is 0 Å². The Kier molecular flexibility index (Phi) is 2.42. The van der Waals surface area contributed by atoms with Gasteiger partial charge in [-0.15, -0.1) is 0 Å². The Bertz CT molecular complexity index is 285. The second-order valence-corrected chi connectivity index (χ2v) is 4.11. The van der Waals surface area contributed by atoms with E-state index in [-0.39, 0.29) is 17.2 Å². The average molecular weight is 179 g/mol. The zero-order chi connectivity index (χ0) is 10.1. The van der Waals surface area contributed by atoms with Gasteiger partial charge in [0.25, 0.3) is 0 Å². The van der Waals surface area contributed by atoms with Gasteiger partial charge in [-0.2, -0.15) is 0 Å². The van der Waals surface area contributed by atoms with Crippen LogP contribution in [0.2, 0.25) is 0 Å². The molecule has 0 spiro atoms. The molecule has 0 aromatic rings. The lowest BCUT2D eigenvalue weighted by Crippen LogP contribution is -2.23. The van der Waals surface area contributed by atoms with E-state index < -0.39 is 0 Å². The predicted molar refractivity (Wildman–Crippen MR) is 48.3 cm³/mol. The Balaban J connectivity index is 2.77. The summed E-state index contributed by atoms with van der Waals surface area (Å²) in [7, 11) is 0. The van der Waals surface area contributed by atoms with Crippen LogP contribution in [0.3, 0.4) is 0 Å². The lowest BCUT2D eigenvalue weighted by Gasteiger charge is -2.09. The predicted octanol–water partition coefficient (Wildman–Crippen LogP) is 1.14. The summed E-state index contributed by atoms with van der Waals surface area (Å²) in [5.74, 6) is 2.50. The SMILES string of the molecule is CC(C)(C)C#CN1C(=O)CCC1=O. The Morgan fingerprint density at radius 2 is 1.62 bits per heavy atom. The maximum Gasteiger partial charge on any atom is 0.241 e. The molecule has 0 bridgehead atoms. The average Bonchev–Trinajstić information content (AvgIpc) is 2.27. The van der Waals surface area contributed by atoms with Crippen molar-refractivity contribution in [2.45, 2.75) is 33.6 Å². The molecule has 0 saturated carbocycles. The van der Waals surface area contributed by atoms with Gasteiger partial charge in [0.15, 0.2) is 0 Å². The molecule has 0 atom stereocenters. The van der Waals surface area contributed by atoms with E-state index in [0.29, 0.717) is 12.8 Å². The Hall–Kier alpha value is -1.30. The van der Waals surface area contributed by atoms with Gasteiger partial charge in [0.05, 0.1) is 0 Å². The molecule has 1 rings (SSSR count). The van der Waals surface area contributed by atoms with E-state index in [2.05, 4.69) is 12.0 Å². The summed E-state index contributed by atoms with van der Waals surface area (Å²) in [5, 5.41) is 0. The molecule has 0 N–H and O–H groups in total. The largest absolute Gasteiger partial charge is 0.273 e. The molecule has 1 saturated heterocycles. The van der Waals surface area contributed by atoms with Crippen molar-refractivity contribution in [3.05, 3.63) is 0 Å². The first-order chi connectivity index (χ1) is 5.90. The first-order valence-corrected chi connectivity index (χ1v) is 4.29. The van der Waals surface area contributed by atoms with Gasteiger partial charge in [-0.3, -0.25) is 9.59 Å². The lowest BCUT2D eigenvalue weighted by atomic mass is 9.99. The number of hydrogen-bond donors (Lipinski definition) is 0. The summed E-state index contributed by atoms with van der Waals surface area (Å²) >= 11 is 0. The van der Waals surface area contributed by atoms with Gasteiger partial charge in [-0.05, 0) is 20.8 Å². The van der Waals surface area contributed by atoms with Crippen LogP contribution < -0.4 is 0 Å². The van der Waals surface area contributed by atoms with Crippen molar-refractivity contribution < 1.29 is 9.59 Å². The molecule has 3 nitrogen and oxygen atoms in total. The van der Waals surface area contributed by atoms with E-state index in [1.807, 2.05) is 20.8 Å². The van der Waals surface area contributed by atoms with Gasteiger partial charge in [0, 0.05) is 24.3 Å². The minimum Gasteiger partial charge on any atom is -0.273 e. The summed E-state index contributed by atoms with van der Waals surface area (Å²) in [5.41, 5.74) is -0.177. The van der Waals surface area contributed by atoms with Crippen LogP contribution >= 0.6 is 0 Å². The van der Waals surface area contributed by atoms with Crippen LogP contribution in [0.1, 0.15) is 33.6 Å². The summed E-state index contributed by atoms with van der Waals surface area (Å²) in [4.78, 5) is 23.2. The van der Waals surface area contributed by atoms with Crippen molar-refractivity contribution in [3.8, 4) is 12.0 Å². The fraction of sp³-hybridized carbons (Fsp3) is 0.600. The molecule has 1 aliphatic rings. The second kappa shape index (κ2) is 3.21. The molecule has 1 heterocycles. The summed E-state index contributed by atoms with van der Waals surface area (Å²) in [6.07, 6.45) is 0.606. The third-order valence-corrected chi connectivity index (χ3v) is 1.59. The van der Waals surface area contributed by atoms with Crippen LogP contribution in [0.5, 0.6) is 0 Å². The molecule has 0 aromatic carbocycles. The van der Waals surface area contributed by atoms with Gasteiger partial charge in [0.1, 0.15) is 0 Å². The van der Waals surface area contributed by atoms with Crippen molar-refractivity contribution in [2.24, 2.45) is 5.41 Å².